The Morgan fingerprint density at radius 1 is 1.31 bits per heavy atom. The highest BCUT2D eigenvalue weighted by molar-refractivity contribution is 5.82. The zero-order valence-electron chi connectivity index (χ0n) is 10.4. The molecule has 0 aliphatic heterocycles. The molecule has 88 valence electrons. The van der Waals surface area contributed by atoms with Crippen LogP contribution >= 0.6 is 0 Å². The Labute approximate surface area is 97.0 Å². The molecule has 1 aromatic carbocycles. The average molecular weight is 221 g/mol. The molecule has 1 rings (SSSR count). The average Bonchev–Trinajstić information content (AvgIpc) is 2.31. The zero-order chi connectivity index (χ0) is 12.2. The summed E-state index contributed by atoms with van der Waals surface area (Å²) >= 11 is 0. The van der Waals surface area contributed by atoms with Gasteiger partial charge in [0.15, 0.2) is 0 Å². The molecule has 16 heavy (non-hydrogen) atoms. The number of nitrogens with zero attached hydrogens (tertiary/aromatic N) is 1. The highest BCUT2D eigenvalue weighted by Crippen LogP contribution is 2.31. The van der Waals surface area contributed by atoms with E-state index in [1.54, 1.807) is 0 Å². The van der Waals surface area contributed by atoms with E-state index >= 15 is 0 Å². The van der Waals surface area contributed by atoms with Gasteiger partial charge in [-0.2, -0.15) is 0 Å². The molecule has 0 aliphatic rings. The second kappa shape index (κ2) is 5.12. The van der Waals surface area contributed by atoms with Crippen LogP contribution in [0.1, 0.15) is 18.9 Å². The number of ether oxygens (including phenoxy) is 1. The van der Waals surface area contributed by atoms with E-state index in [1.807, 2.05) is 56.3 Å². The van der Waals surface area contributed by atoms with Gasteiger partial charge in [0, 0.05) is 0 Å². The predicted octanol–water partition coefficient (Wildman–Crippen LogP) is 2.03. The molecule has 0 saturated carbocycles. The Kier molecular flexibility index (Phi) is 4.07. The van der Waals surface area contributed by atoms with Crippen LogP contribution in [0.5, 0.6) is 0 Å². The van der Waals surface area contributed by atoms with Crippen molar-refractivity contribution in [1.29, 1.82) is 0 Å². The van der Waals surface area contributed by atoms with Gasteiger partial charge in [-0.1, -0.05) is 37.3 Å². The minimum absolute atomic E-state index is 0.216. The van der Waals surface area contributed by atoms with Crippen LogP contribution in [0.3, 0.4) is 0 Å². The smallest absolute Gasteiger partial charge is 0.330 e. The minimum atomic E-state index is -0.685. The standard InChI is InChI=1S/C13H19NO2/c1-5-13(14(2)3,12(15)16-4)11-9-7-6-8-10-11/h6-10H,5H2,1-4H3/t13-/m1/s1. The third-order valence-electron chi connectivity index (χ3n) is 3.05. The van der Waals surface area contributed by atoms with Crippen molar-refractivity contribution in [3.05, 3.63) is 35.9 Å². The van der Waals surface area contributed by atoms with E-state index in [0.717, 1.165) is 5.56 Å². The van der Waals surface area contributed by atoms with Gasteiger partial charge in [-0.05, 0) is 26.1 Å². The lowest BCUT2D eigenvalue weighted by Crippen LogP contribution is -2.48. The summed E-state index contributed by atoms with van der Waals surface area (Å²) in [5.41, 5.74) is 0.282. The van der Waals surface area contributed by atoms with E-state index in [-0.39, 0.29) is 5.97 Å². The van der Waals surface area contributed by atoms with Gasteiger partial charge in [-0.25, -0.2) is 4.79 Å². The topological polar surface area (TPSA) is 29.5 Å². The van der Waals surface area contributed by atoms with Gasteiger partial charge in [0.25, 0.3) is 0 Å². The van der Waals surface area contributed by atoms with Crippen molar-refractivity contribution in [1.82, 2.24) is 4.90 Å². The third kappa shape index (κ3) is 1.95. The Hall–Kier alpha value is -1.35. The van der Waals surface area contributed by atoms with Crippen molar-refractivity contribution in [3.63, 3.8) is 0 Å². The molecule has 0 saturated heterocycles. The molecule has 0 N–H and O–H groups in total. The number of carbonyl (C=O) groups excluding carboxylic acids is 1. The van der Waals surface area contributed by atoms with Gasteiger partial charge in [-0.15, -0.1) is 0 Å². The van der Waals surface area contributed by atoms with Crippen LogP contribution in [-0.2, 0) is 15.1 Å². The number of methoxy groups -OCH3 is 1. The summed E-state index contributed by atoms with van der Waals surface area (Å²) in [6.45, 7) is 1.99. The number of benzene rings is 1. The summed E-state index contributed by atoms with van der Waals surface area (Å²) < 4.78 is 4.94. The number of carbonyl (C=O) groups is 1. The second-order valence-electron chi connectivity index (χ2n) is 3.97. The summed E-state index contributed by atoms with van der Waals surface area (Å²) in [6.07, 6.45) is 0.677. The van der Waals surface area contributed by atoms with Crippen LogP contribution in [0.2, 0.25) is 0 Å². The molecule has 0 heterocycles. The van der Waals surface area contributed by atoms with E-state index in [9.17, 15) is 4.79 Å². The van der Waals surface area contributed by atoms with Crippen molar-refractivity contribution in [2.75, 3.05) is 21.2 Å². The van der Waals surface area contributed by atoms with Gasteiger partial charge in [0.2, 0.25) is 0 Å². The molecule has 0 fully saturated rings. The molecule has 0 aromatic heterocycles. The molecule has 0 unspecified atom stereocenters. The van der Waals surface area contributed by atoms with E-state index in [1.165, 1.54) is 7.11 Å². The van der Waals surface area contributed by atoms with E-state index in [4.69, 9.17) is 4.74 Å². The van der Waals surface area contributed by atoms with Crippen LogP contribution in [-0.4, -0.2) is 32.1 Å². The summed E-state index contributed by atoms with van der Waals surface area (Å²) in [5, 5.41) is 0. The molecule has 0 spiro atoms. The van der Waals surface area contributed by atoms with E-state index < -0.39 is 5.54 Å². The van der Waals surface area contributed by atoms with Crippen LogP contribution in [0.25, 0.3) is 0 Å². The normalized spacial score (nSPS) is 14.6. The SMILES string of the molecule is CC[C@](C(=O)OC)(c1ccccc1)N(C)C. The van der Waals surface area contributed by atoms with Crippen molar-refractivity contribution >= 4 is 5.97 Å². The van der Waals surface area contributed by atoms with Gasteiger partial charge in [0.1, 0.15) is 5.54 Å². The Bertz CT molecular complexity index is 348. The monoisotopic (exact) mass is 221 g/mol. The van der Waals surface area contributed by atoms with Crippen molar-refractivity contribution < 1.29 is 9.53 Å². The van der Waals surface area contributed by atoms with Gasteiger partial charge in [0.05, 0.1) is 7.11 Å². The Morgan fingerprint density at radius 3 is 2.25 bits per heavy atom. The molecule has 1 aromatic rings. The van der Waals surface area contributed by atoms with Crippen LogP contribution < -0.4 is 0 Å². The molecule has 3 nitrogen and oxygen atoms in total. The maximum atomic E-state index is 12.0. The fourth-order valence-electron chi connectivity index (χ4n) is 2.11. The molecule has 1 atom stereocenters. The van der Waals surface area contributed by atoms with E-state index in [0.29, 0.717) is 6.42 Å². The Balaban J connectivity index is 3.29. The summed E-state index contributed by atoms with van der Waals surface area (Å²) in [4.78, 5) is 14.0. The molecule has 3 heteroatoms. The second-order valence-corrected chi connectivity index (χ2v) is 3.97. The van der Waals surface area contributed by atoms with Crippen LogP contribution in [0.4, 0.5) is 0 Å². The highest BCUT2D eigenvalue weighted by atomic mass is 16.5. The lowest BCUT2D eigenvalue weighted by Gasteiger charge is -2.36. The molecule has 0 radical (unpaired) electrons. The maximum Gasteiger partial charge on any atom is 0.330 e. The summed E-state index contributed by atoms with van der Waals surface area (Å²) in [6, 6.07) is 9.73. The van der Waals surface area contributed by atoms with E-state index in [2.05, 4.69) is 0 Å². The number of hydrogen-bond donors (Lipinski definition) is 0. The molecule has 0 aliphatic carbocycles. The van der Waals surface area contributed by atoms with Gasteiger partial charge >= 0.3 is 5.97 Å². The quantitative estimate of drug-likeness (QED) is 0.729. The van der Waals surface area contributed by atoms with Crippen LogP contribution in [0.15, 0.2) is 30.3 Å². The molecule has 0 bridgehead atoms. The number of likely N-dealkylation sites (N-methyl/N-ethyl adjacent to an activating group) is 1. The highest BCUT2D eigenvalue weighted by Gasteiger charge is 2.41. The third-order valence-corrected chi connectivity index (χ3v) is 3.05. The number of esters is 1. The summed E-state index contributed by atoms with van der Waals surface area (Å²) in [7, 11) is 5.22. The predicted molar refractivity (Wildman–Crippen MR) is 64.1 cm³/mol. The van der Waals surface area contributed by atoms with Crippen molar-refractivity contribution in [3.8, 4) is 0 Å². The number of rotatable bonds is 4. The molecular weight excluding hydrogens is 202 g/mol. The fourth-order valence-corrected chi connectivity index (χ4v) is 2.11. The minimum Gasteiger partial charge on any atom is -0.467 e. The van der Waals surface area contributed by atoms with Crippen molar-refractivity contribution in [2.24, 2.45) is 0 Å². The van der Waals surface area contributed by atoms with Crippen LogP contribution in [0, 0.1) is 0 Å². The summed E-state index contributed by atoms with van der Waals surface area (Å²) in [5.74, 6) is -0.216. The lowest BCUT2D eigenvalue weighted by atomic mass is 9.86. The lowest BCUT2D eigenvalue weighted by molar-refractivity contribution is -0.154. The first-order chi connectivity index (χ1) is 7.59. The maximum absolute atomic E-state index is 12.0. The molecule has 0 amide bonds. The first kappa shape index (κ1) is 12.7. The number of hydrogen-bond acceptors (Lipinski definition) is 3. The van der Waals surface area contributed by atoms with Gasteiger partial charge in [-0.3, -0.25) is 4.90 Å². The first-order valence-corrected chi connectivity index (χ1v) is 5.41. The van der Waals surface area contributed by atoms with Crippen molar-refractivity contribution in [2.45, 2.75) is 18.9 Å². The zero-order valence-corrected chi connectivity index (χ0v) is 10.4. The molecular formula is C13H19NO2. The largest absolute Gasteiger partial charge is 0.467 e. The Morgan fingerprint density at radius 2 is 1.88 bits per heavy atom. The van der Waals surface area contributed by atoms with Gasteiger partial charge < -0.3 is 4.74 Å². The fraction of sp³-hybridized carbons (Fsp3) is 0.462. The first-order valence-electron chi connectivity index (χ1n) is 5.41.